The van der Waals surface area contributed by atoms with Crippen molar-refractivity contribution in [3.05, 3.63) is 210 Å². The summed E-state index contributed by atoms with van der Waals surface area (Å²) in [6.07, 6.45) is 9.22. The maximum Gasteiger partial charge on any atom is 0.410 e. The van der Waals surface area contributed by atoms with Crippen LogP contribution in [0.4, 0.5) is 28.4 Å². The minimum Gasteiger partial charge on any atom is -0.453 e. The molecule has 0 unspecified atom stereocenters. The van der Waals surface area contributed by atoms with Crippen LogP contribution >= 0.6 is 34.0 Å². The maximum absolute atomic E-state index is 14.6. The van der Waals surface area contributed by atoms with Crippen LogP contribution in [0.3, 0.4) is 0 Å². The van der Waals surface area contributed by atoms with Crippen LogP contribution in [0.2, 0.25) is 0 Å². The van der Waals surface area contributed by atoms with E-state index in [-0.39, 0.29) is 30.1 Å². The number of ether oxygens (including phenoxy) is 8. The second kappa shape index (κ2) is 37.7. The molecule has 12 rings (SSSR count). The van der Waals surface area contributed by atoms with Gasteiger partial charge in [0, 0.05) is 115 Å². The number of thiophene rings is 3. The zero-order valence-electron chi connectivity index (χ0n) is 61.9. The number of fused-ring (bicyclic) bond motifs is 3. The van der Waals surface area contributed by atoms with E-state index in [0.717, 1.165) is 80.1 Å². The fourth-order valence-electron chi connectivity index (χ4n) is 10.6. The van der Waals surface area contributed by atoms with Gasteiger partial charge in [-0.15, -0.1) is 34.0 Å². The van der Waals surface area contributed by atoms with Gasteiger partial charge in [-0.1, -0.05) is 30.3 Å². The molecule has 3 aromatic carbocycles. The molecule has 0 radical (unpaired) electrons. The van der Waals surface area contributed by atoms with Gasteiger partial charge in [0.25, 0.3) is 0 Å². The van der Waals surface area contributed by atoms with Gasteiger partial charge in [0.05, 0.1) is 108 Å². The van der Waals surface area contributed by atoms with Gasteiger partial charge >= 0.3 is 12.2 Å². The highest BCUT2D eigenvalue weighted by Gasteiger charge is 2.26. The first kappa shape index (κ1) is 81.3. The monoisotopic (exact) mass is 1560 g/mol. The highest BCUT2D eigenvalue weighted by atomic mass is 32.1. The summed E-state index contributed by atoms with van der Waals surface area (Å²) in [6, 6.07) is 35.4. The van der Waals surface area contributed by atoms with Crippen molar-refractivity contribution in [2.45, 2.75) is 85.2 Å². The molecular weight excluding hydrogens is 1470 g/mol. The molecule has 0 bridgehead atoms. The number of hydrogen-bond acceptors (Lipinski definition) is 23. The molecule has 110 heavy (non-hydrogen) atoms. The average Bonchev–Trinajstić information content (AvgIpc) is 1.68. The molecular formula is C80H83F3N12O12S3. The van der Waals surface area contributed by atoms with Crippen molar-refractivity contribution >= 4 is 94.3 Å². The summed E-state index contributed by atoms with van der Waals surface area (Å²) in [5.41, 5.74) is 23.3. The topological polar surface area (TPSA) is 316 Å². The van der Waals surface area contributed by atoms with Gasteiger partial charge in [-0.25, -0.2) is 22.8 Å². The van der Waals surface area contributed by atoms with Crippen LogP contribution < -0.4 is 36.7 Å². The summed E-state index contributed by atoms with van der Waals surface area (Å²) in [4.78, 5) is 80.4. The second-order valence-electron chi connectivity index (χ2n) is 26.8. The first-order valence-electron chi connectivity index (χ1n) is 34.6. The number of aromatic nitrogens is 6. The van der Waals surface area contributed by atoms with Gasteiger partial charge in [-0.2, -0.15) is 0 Å². The molecule has 9 heterocycles. The van der Waals surface area contributed by atoms with Crippen LogP contribution in [0.5, 0.6) is 34.5 Å². The Hall–Kier alpha value is -11.3. The first-order chi connectivity index (χ1) is 52.7. The Bertz CT molecular complexity index is 5160. The molecule has 9 aromatic heterocycles. The molecule has 24 nitrogen and oxygen atoms in total. The number of benzene rings is 3. The van der Waals surface area contributed by atoms with Gasteiger partial charge in [-0.3, -0.25) is 39.5 Å². The van der Waals surface area contributed by atoms with E-state index >= 15 is 0 Å². The zero-order chi connectivity index (χ0) is 78.7. The number of nitrogen functional groups attached to an aromatic ring is 1. The molecule has 0 aliphatic heterocycles. The van der Waals surface area contributed by atoms with Gasteiger partial charge < -0.3 is 70.2 Å². The molecule has 0 saturated heterocycles. The molecule has 30 heteroatoms. The Morgan fingerprint density at radius 3 is 1.12 bits per heavy atom. The number of rotatable bonds is 28. The lowest BCUT2D eigenvalue weighted by molar-refractivity contribution is -0.118. The van der Waals surface area contributed by atoms with Crippen LogP contribution in [0.1, 0.15) is 69.4 Å². The molecule has 0 atom stereocenters. The van der Waals surface area contributed by atoms with Crippen molar-refractivity contribution in [1.29, 1.82) is 0 Å². The van der Waals surface area contributed by atoms with Crippen molar-refractivity contribution in [2.75, 3.05) is 66.5 Å². The Labute approximate surface area is 645 Å². The number of halogens is 3. The molecule has 4 amide bonds. The highest BCUT2D eigenvalue weighted by molar-refractivity contribution is 7.23. The van der Waals surface area contributed by atoms with E-state index in [1.807, 2.05) is 102 Å². The highest BCUT2D eigenvalue weighted by Crippen LogP contribution is 2.43. The quantitative estimate of drug-likeness (QED) is 0.0261. The summed E-state index contributed by atoms with van der Waals surface area (Å²) in [7, 11) is 4.85. The second-order valence-corrected chi connectivity index (χ2v) is 30.0. The predicted molar refractivity (Wildman–Crippen MR) is 419 cm³/mol. The number of carbonyl (C=O) groups is 4. The van der Waals surface area contributed by atoms with E-state index in [2.05, 4.69) is 35.2 Å². The normalized spacial score (nSPS) is 11.3. The Morgan fingerprint density at radius 1 is 0.436 bits per heavy atom. The molecule has 0 aliphatic rings. The van der Waals surface area contributed by atoms with Gasteiger partial charge in [0.15, 0.2) is 34.7 Å². The van der Waals surface area contributed by atoms with Gasteiger partial charge in [-0.05, 0) is 142 Å². The number of nitrogens with zero attached hydrogens (tertiary/aromatic N) is 8. The minimum absolute atomic E-state index is 0.0278. The largest absolute Gasteiger partial charge is 0.453 e. The standard InChI is InChI=1S/C29H31FN4O5S.C27H29FN4O4S.C24H23FN4O3S/c1-29(2,3)39-28(36)34(11-12-37-4)17-19-5-7-21(33-16-19)25-15-22-27(40-25)24(9-10-32-22)38-23-8-6-18(13-20(23)30)14-26(31)35;1-27(2,3)36-26(33)32(11-12-34-4)16-17-5-7-20(31-15-17)24-14-21-25(37-24)23(9-10-30-21)35-22-8-6-18(29)13-19(22)28;1-31-9-8-27-13-16-2-4-18(29-14-16)22-12-19-24(33-22)21(6-7-28-19)32-20-5-3-15(10-17(20)25)11-23(26)30/h5-10,13,15-16H,11-12,14,17H2,1-4H3,(H2,31,35);5-10,13-15H,11-12,16,29H2,1-4H3;2-7,10,12,14,27H,8-9,11,13H2,1H3,(H2,26,30). The Morgan fingerprint density at radius 2 is 0.791 bits per heavy atom. The summed E-state index contributed by atoms with van der Waals surface area (Å²) in [5, 5.41) is 3.29. The maximum atomic E-state index is 14.6. The van der Waals surface area contributed by atoms with Crippen molar-refractivity contribution in [1.82, 2.24) is 45.0 Å². The molecule has 0 aliphatic carbocycles. The lowest BCUT2D eigenvalue weighted by atomic mass is 10.1. The SMILES string of the molecule is COCCN(Cc1ccc(-c2cc3nccc(Oc4ccc(CC(N)=O)cc4F)c3s2)nc1)C(=O)OC(C)(C)C.COCCN(Cc1ccc(-c2cc3nccc(Oc4ccc(N)cc4F)c3s2)nc1)C(=O)OC(C)(C)C.COCCNCc1ccc(-c2cc3nccc(Oc4ccc(CC(N)=O)cc4F)c3s2)nc1. The van der Waals surface area contributed by atoms with Crippen LogP contribution in [0, 0.1) is 17.5 Å². The Balaban J connectivity index is 0.000000176. The smallest absolute Gasteiger partial charge is 0.410 e. The van der Waals surface area contributed by atoms with Crippen LogP contribution in [-0.2, 0) is 65.7 Å². The summed E-state index contributed by atoms with van der Waals surface area (Å²) in [6.45, 7) is 15.3. The van der Waals surface area contributed by atoms with Gasteiger partial charge in [0.2, 0.25) is 11.8 Å². The summed E-state index contributed by atoms with van der Waals surface area (Å²) in [5.74, 6) is -1.13. The molecule has 0 fully saturated rings. The predicted octanol–water partition coefficient (Wildman–Crippen LogP) is 16.0. The van der Waals surface area contributed by atoms with Crippen molar-refractivity contribution in [3.63, 3.8) is 0 Å². The molecule has 0 saturated carbocycles. The summed E-state index contributed by atoms with van der Waals surface area (Å²) >= 11 is 4.35. The van der Waals surface area contributed by atoms with E-state index < -0.39 is 52.7 Å². The molecule has 7 N–H and O–H groups in total. The Kier molecular flexibility index (Phi) is 27.9. The minimum atomic E-state index is -0.609. The van der Waals surface area contributed by atoms with Gasteiger partial charge in [0.1, 0.15) is 28.5 Å². The van der Waals surface area contributed by atoms with Crippen molar-refractivity contribution in [3.8, 4) is 66.2 Å². The number of methoxy groups -OCH3 is 3. The lowest BCUT2D eigenvalue weighted by Gasteiger charge is -2.27. The van der Waals surface area contributed by atoms with E-state index in [0.29, 0.717) is 92.1 Å². The molecule has 12 aromatic rings. The lowest BCUT2D eigenvalue weighted by Crippen LogP contribution is -2.38. The average molecular weight is 1560 g/mol. The molecule has 0 spiro atoms. The zero-order valence-corrected chi connectivity index (χ0v) is 64.4. The summed E-state index contributed by atoms with van der Waals surface area (Å²) < 4.78 is 89.7. The third-order valence-electron chi connectivity index (χ3n) is 15.7. The number of primary amides is 2. The van der Waals surface area contributed by atoms with Crippen molar-refractivity contribution < 1.29 is 70.2 Å². The number of amides is 4. The van der Waals surface area contributed by atoms with Crippen LogP contribution in [0.15, 0.2) is 165 Å². The van der Waals surface area contributed by atoms with E-state index in [1.54, 1.807) is 98.5 Å². The van der Waals surface area contributed by atoms with Crippen molar-refractivity contribution in [2.24, 2.45) is 11.5 Å². The van der Waals surface area contributed by atoms with E-state index in [9.17, 15) is 32.3 Å². The van der Waals surface area contributed by atoms with Crippen LogP contribution in [0.25, 0.3) is 62.4 Å². The first-order valence-corrected chi connectivity index (χ1v) is 37.0. The third kappa shape index (κ3) is 23.1. The fourth-order valence-corrected chi connectivity index (χ4v) is 13.7. The number of carbonyl (C=O) groups excluding carboxylic acids is 4. The van der Waals surface area contributed by atoms with E-state index in [4.69, 9.17) is 55.1 Å². The van der Waals surface area contributed by atoms with E-state index in [1.165, 1.54) is 70.4 Å². The number of hydrogen-bond donors (Lipinski definition) is 4. The molecule has 574 valence electrons. The number of pyridine rings is 6. The number of nitrogens with one attached hydrogen (secondary N) is 1. The third-order valence-corrected chi connectivity index (χ3v) is 19.2. The number of anilines is 1. The van der Waals surface area contributed by atoms with Crippen LogP contribution in [-0.4, -0.2) is 136 Å². The number of nitrogens with two attached hydrogens (primary N) is 3. The fraction of sp³-hybridized carbons (Fsp3) is 0.275.